The second kappa shape index (κ2) is 4.84. The van der Waals surface area contributed by atoms with E-state index in [-0.39, 0.29) is 11.6 Å². The number of ether oxygens (including phenoxy) is 1. The van der Waals surface area contributed by atoms with Crippen LogP contribution in [0, 0.1) is 0 Å². The van der Waals surface area contributed by atoms with E-state index >= 15 is 0 Å². The van der Waals surface area contributed by atoms with Gasteiger partial charge in [-0.3, -0.25) is 4.90 Å². The molecule has 0 aromatic carbocycles. The molecule has 0 radical (unpaired) electrons. The molecule has 0 bridgehead atoms. The van der Waals surface area contributed by atoms with Gasteiger partial charge in [-0.05, 0) is 25.3 Å². The average Bonchev–Trinajstić information content (AvgIpc) is 2.82. The molecule has 16 heavy (non-hydrogen) atoms. The van der Waals surface area contributed by atoms with Crippen molar-refractivity contribution in [3.63, 3.8) is 0 Å². The first-order chi connectivity index (χ1) is 7.62. The van der Waals surface area contributed by atoms with Gasteiger partial charge < -0.3 is 10.5 Å². The Kier molecular flexibility index (Phi) is 3.64. The van der Waals surface area contributed by atoms with Crippen LogP contribution < -0.4 is 5.73 Å². The van der Waals surface area contributed by atoms with E-state index in [9.17, 15) is 0 Å². The van der Waals surface area contributed by atoms with Crippen molar-refractivity contribution in [2.45, 2.75) is 25.4 Å². The Morgan fingerprint density at radius 2 is 2.12 bits per heavy atom. The number of morpholine rings is 1. The van der Waals surface area contributed by atoms with Crippen molar-refractivity contribution in [1.82, 2.24) is 4.90 Å². The zero-order valence-electron chi connectivity index (χ0n) is 9.98. The van der Waals surface area contributed by atoms with Crippen molar-refractivity contribution >= 4 is 11.3 Å². The van der Waals surface area contributed by atoms with E-state index in [2.05, 4.69) is 36.3 Å². The predicted octanol–water partition coefficient (Wildman–Crippen LogP) is 1.86. The van der Waals surface area contributed by atoms with Crippen molar-refractivity contribution in [1.29, 1.82) is 0 Å². The highest BCUT2D eigenvalue weighted by Gasteiger charge is 2.35. The molecule has 1 aliphatic heterocycles. The van der Waals surface area contributed by atoms with Crippen LogP contribution >= 0.6 is 11.3 Å². The summed E-state index contributed by atoms with van der Waals surface area (Å²) in [4.78, 5) is 3.69. The molecule has 90 valence electrons. The minimum absolute atomic E-state index is 0.00532. The summed E-state index contributed by atoms with van der Waals surface area (Å²) in [7, 11) is 0. The first kappa shape index (κ1) is 12.0. The highest BCUT2D eigenvalue weighted by molar-refractivity contribution is 7.10. The van der Waals surface area contributed by atoms with Crippen LogP contribution in [0.2, 0.25) is 0 Å². The SMILES string of the molecule is CC(C)(C(N)c1cccs1)N1CCOCC1. The highest BCUT2D eigenvalue weighted by atomic mass is 32.1. The number of thiophene rings is 1. The lowest BCUT2D eigenvalue weighted by atomic mass is 9.91. The van der Waals surface area contributed by atoms with E-state index in [1.54, 1.807) is 11.3 Å². The van der Waals surface area contributed by atoms with Crippen LogP contribution in [0.25, 0.3) is 0 Å². The molecule has 1 aliphatic rings. The molecule has 0 saturated carbocycles. The Morgan fingerprint density at radius 1 is 1.44 bits per heavy atom. The molecule has 1 fully saturated rings. The molecular formula is C12H20N2OS. The number of hydrogen-bond acceptors (Lipinski definition) is 4. The normalized spacial score (nSPS) is 20.9. The molecule has 2 N–H and O–H groups in total. The van der Waals surface area contributed by atoms with Crippen LogP contribution in [0.5, 0.6) is 0 Å². The highest BCUT2D eigenvalue weighted by Crippen LogP contribution is 2.31. The maximum absolute atomic E-state index is 6.38. The molecule has 0 amide bonds. The van der Waals surface area contributed by atoms with Gasteiger partial charge in [-0.1, -0.05) is 6.07 Å². The third kappa shape index (κ3) is 2.30. The number of nitrogens with two attached hydrogens (primary N) is 1. The maximum Gasteiger partial charge on any atom is 0.0594 e. The number of nitrogens with zero attached hydrogens (tertiary/aromatic N) is 1. The Morgan fingerprint density at radius 3 is 2.69 bits per heavy atom. The van der Waals surface area contributed by atoms with Crippen LogP contribution in [0.1, 0.15) is 24.8 Å². The van der Waals surface area contributed by atoms with Crippen LogP contribution in [-0.2, 0) is 4.74 Å². The van der Waals surface area contributed by atoms with Crippen LogP contribution in [0.15, 0.2) is 17.5 Å². The Bertz CT molecular complexity index is 318. The molecule has 4 heteroatoms. The first-order valence-corrected chi connectivity index (χ1v) is 6.62. The van der Waals surface area contributed by atoms with Crippen LogP contribution in [-0.4, -0.2) is 36.7 Å². The van der Waals surface area contributed by atoms with E-state index in [4.69, 9.17) is 10.5 Å². The van der Waals surface area contributed by atoms with Crippen LogP contribution in [0.4, 0.5) is 0 Å². The molecule has 1 aromatic heterocycles. The van der Waals surface area contributed by atoms with E-state index in [1.807, 2.05) is 0 Å². The summed E-state index contributed by atoms with van der Waals surface area (Å²) in [5, 5.41) is 2.09. The third-order valence-electron chi connectivity index (χ3n) is 3.44. The zero-order chi connectivity index (χ0) is 11.6. The summed E-state index contributed by atoms with van der Waals surface area (Å²) < 4.78 is 5.39. The minimum atomic E-state index is -0.00532. The van der Waals surface area contributed by atoms with Crippen molar-refractivity contribution < 1.29 is 4.74 Å². The van der Waals surface area contributed by atoms with Gasteiger partial charge in [-0.25, -0.2) is 0 Å². The lowest BCUT2D eigenvalue weighted by molar-refractivity contribution is -0.0186. The summed E-state index contributed by atoms with van der Waals surface area (Å²) in [6.45, 7) is 8.05. The molecule has 1 atom stereocenters. The van der Waals surface area contributed by atoms with Gasteiger partial charge in [0.1, 0.15) is 0 Å². The van der Waals surface area contributed by atoms with Gasteiger partial charge in [-0.2, -0.15) is 0 Å². The summed E-state index contributed by atoms with van der Waals surface area (Å²) in [5.74, 6) is 0. The Hall–Kier alpha value is -0.420. The van der Waals surface area contributed by atoms with Gasteiger partial charge in [0.05, 0.1) is 19.3 Å². The monoisotopic (exact) mass is 240 g/mol. The van der Waals surface area contributed by atoms with Gasteiger partial charge in [-0.15, -0.1) is 11.3 Å². The summed E-state index contributed by atoms with van der Waals surface area (Å²) in [5.41, 5.74) is 6.37. The fraction of sp³-hybridized carbons (Fsp3) is 0.667. The lowest BCUT2D eigenvalue weighted by Crippen LogP contribution is -2.55. The molecule has 2 rings (SSSR count). The Labute approximate surface area is 101 Å². The fourth-order valence-electron chi connectivity index (χ4n) is 2.15. The van der Waals surface area contributed by atoms with Gasteiger partial charge in [0.25, 0.3) is 0 Å². The molecule has 0 aliphatic carbocycles. The van der Waals surface area contributed by atoms with Crippen molar-refractivity contribution in [3.05, 3.63) is 22.4 Å². The summed E-state index contributed by atoms with van der Waals surface area (Å²) >= 11 is 1.74. The summed E-state index contributed by atoms with van der Waals surface area (Å²) in [6.07, 6.45) is 0. The topological polar surface area (TPSA) is 38.5 Å². The fourth-order valence-corrected chi connectivity index (χ4v) is 3.06. The van der Waals surface area contributed by atoms with Gasteiger partial charge >= 0.3 is 0 Å². The Balaban J connectivity index is 2.10. The smallest absolute Gasteiger partial charge is 0.0594 e. The van der Waals surface area contributed by atoms with Crippen LogP contribution in [0.3, 0.4) is 0 Å². The molecule has 1 saturated heterocycles. The minimum Gasteiger partial charge on any atom is -0.379 e. The molecule has 3 nitrogen and oxygen atoms in total. The molecule has 2 heterocycles. The van der Waals surface area contributed by atoms with E-state index in [0.29, 0.717) is 0 Å². The molecular weight excluding hydrogens is 220 g/mol. The van der Waals surface area contributed by atoms with Crippen molar-refractivity contribution in [2.75, 3.05) is 26.3 Å². The molecule has 0 spiro atoms. The lowest BCUT2D eigenvalue weighted by Gasteiger charge is -2.44. The van der Waals surface area contributed by atoms with Gasteiger partial charge in [0.15, 0.2) is 0 Å². The third-order valence-corrected chi connectivity index (χ3v) is 4.39. The largest absolute Gasteiger partial charge is 0.379 e. The predicted molar refractivity (Wildman–Crippen MR) is 67.7 cm³/mol. The van der Waals surface area contributed by atoms with E-state index in [0.717, 1.165) is 26.3 Å². The van der Waals surface area contributed by atoms with Crippen molar-refractivity contribution in [2.24, 2.45) is 5.73 Å². The second-order valence-corrected chi connectivity index (χ2v) is 5.73. The zero-order valence-corrected chi connectivity index (χ0v) is 10.8. The first-order valence-electron chi connectivity index (χ1n) is 5.74. The average molecular weight is 240 g/mol. The van der Waals surface area contributed by atoms with E-state index < -0.39 is 0 Å². The second-order valence-electron chi connectivity index (χ2n) is 4.75. The number of rotatable bonds is 3. The quantitative estimate of drug-likeness (QED) is 0.876. The molecule has 1 aromatic rings. The molecule has 1 unspecified atom stereocenters. The van der Waals surface area contributed by atoms with Crippen molar-refractivity contribution in [3.8, 4) is 0 Å². The maximum atomic E-state index is 6.38. The number of hydrogen-bond donors (Lipinski definition) is 1. The standard InChI is InChI=1S/C12H20N2OS/c1-12(2,14-5-7-15-8-6-14)11(13)10-4-3-9-16-10/h3-4,9,11H,5-8,13H2,1-2H3. The van der Waals surface area contributed by atoms with E-state index in [1.165, 1.54) is 4.88 Å². The summed E-state index contributed by atoms with van der Waals surface area (Å²) in [6, 6.07) is 4.26. The van der Waals surface area contributed by atoms with Gasteiger partial charge in [0.2, 0.25) is 0 Å². The van der Waals surface area contributed by atoms with Gasteiger partial charge in [0, 0.05) is 23.5 Å².